The molecule has 0 saturated carbocycles. The van der Waals surface area contributed by atoms with E-state index in [1.807, 2.05) is 0 Å². The maximum atomic E-state index is 13.3. The second-order valence-electron chi connectivity index (χ2n) is 4.06. The summed E-state index contributed by atoms with van der Waals surface area (Å²) in [7, 11) is 0. The average Bonchev–Trinajstić information content (AvgIpc) is 2.35. The van der Waals surface area contributed by atoms with Gasteiger partial charge < -0.3 is 10.5 Å². The first-order valence-corrected chi connectivity index (χ1v) is 5.49. The molecule has 0 aliphatic rings. The van der Waals surface area contributed by atoms with Crippen molar-refractivity contribution in [2.24, 2.45) is 0 Å². The number of rotatable bonds is 3. The molecule has 2 rings (SSSR count). The summed E-state index contributed by atoms with van der Waals surface area (Å²) in [5.41, 5.74) is 6.66. The van der Waals surface area contributed by atoms with E-state index in [1.165, 1.54) is 18.2 Å². The zero-order valence-electron chi connectivity index (χ0n) is 9.91. The Kier molecular flexibility index (Phi) is 3.46. The second kappa shape index (κ2) is 5.04. The molecule has 2 aromatic carbocycles. The van der Waals surface area contributed by atoms with Crippen molar-refractivity contribution in [2.45, 2.75) is 13.5 Å². The van der Waals surface area contributed by atoms with Gasteiger partial charge in [-0.15, -0.1) is 0 Å². The van der Waals surface area contributed by atoms with Gasteiger partial charge in [0, 0.05) is 6.07 Å². The summed E-state index contributed by atoms with van der Waals surface area (Å²) in [6.07, 6.45) is 0. The molecule has 0 radical (unpaired) electrons. The Bertz CT molecular complexity index is 518. The van der Waals surface area contributed by atoms with E-state index in [0.717, 1.165) is 0 Å². The van der Waals surface area contributed by atoms with E-state index in [9.17, 15) is 8.78 Å². The molecule has 94 valence electrons. The molecule has 2 N–H and O–H groups in total. The zero-order valence-corrected chi connectivity index (χ0v) is 9.91. The lowest BCUT2D eigenvalue weighted by Gasteiger charge is -2.08. The molecule has 18 heavy (non-hydrogen) atoms. The molecule has 0 saturated heterocycles. The van der Waals surface area contributed by atoms with Gasteiger partial charge in [-0.05, 0) is 36.2 Å². The third-order valence-electron chi connectivity index (χ3n) is 2.61. The fraction of sp³-hybridized carbons (Fsp3) is 0.143. The Balaban J connectivity index is 2.06. The Hall–Kier alpha value is -2.10. The predicted octanol–water partition coefficient (Wildman–Crippen LogP) is 3.43. The SMILES string of the molecule is Cc1ccc(OCc2ccc(N)c(F)c2)cc1F. The second-order valence-corrected chi connectivity index (χ2v) is 4.06. The third-order valence-corrected chi connectivity index (χ3v) is 2.61. The van der Waals surface area contributed by atoms with Crippen molar-refractivity contribution >= 4 is 5.69 Å². The van der Waals surface area contributed by atoms with Crippen molar-refractivity contribution in [1.29, 1.82) is 0 Å². The average molecular weight is 249 g/mol. The molecule has 2 nitrogen and oxygen atoms in total. The Morgan fingerprint density at radius 1 is 1.06 bits per heavy atom. The molecule has 0 atom stereocenters. The smallest absolute Gasteiger partial charge is 0.146 e. The number of benzene rings is 2. The molecule has 0 aliphatic carbocycles. The largest absolute Gasteiger partial charge is 0.489 e. The maximum absolute atomic E-state index is 13.3. The lowest BCUT2D eigenvalue weighted by molar-refractivity contribution is 0.304. The van der Waals surface area contributed by atoms with Crippen LogP contribution in [0.1, 0.15) is 11.1 Å². The van der Waals surface area contributed by atoms with Gasteiger partial charge in [0.05, 0.1) is 5.69 Å². The summed E-state index contributed by atoms with van der Waals surface area (Å²) in [4.78, 5) is 0. The minimum absolute atomic E-state index is 0.0973. The molecule has 2 aromatic rings. The Morgan fingerprint density at radius 3 is 2.50 bits per heavy atom. The van der Waals surface area contributed by atoms with E-state index in [0.29, 0.717) is 16.9 Å². The van der Waals surface area contributed by atoms with Crippen molar-refractivity contribution in [3.05, 3.63) is 59.2 Å². The van der Waals surface area contributed by atoms with Crippen LogP contribution in [-0.4, -0.2) is 0 Å². The number of hydrogen-bond acceptors (Lipinski definition) is 2. The molecule has 0 fully saturated rings. The Labute approximate surface area is 104 Å². The van der Waals surface area contributed by atoms with E-state index < -0.39 is 5.82 Å². The highest BCUT2D eigenvalue weighted by molar-refractivity contribution is 5.41. The summed E-state index contributed by atoms with van der Waals surface area (Å²) in [5.74, 6) is -0.391. The first-order chi connectivity index (χ1) is 8.56. The number of anilines is 1. The number of aryl methyl sites for hydroxylation is 1. The molecule has 0 bridgehead atoms. The normalized spacial score (nSPS) is 10.4. The van der Waals surface area contributed by atoms with Gasteiger partial charge in [0.25, 0.3) is 0 Å². The summed E-state index contributed by atoms with van der Waals surface area (Å²) in [6.45, 7) is 1.84. The van der Waals surface area contributed by atoms with Crippen LogP contribution >= 0.6 is 0 Å². The van der Waals surface area contributed by atoms with E-state index >= 15 is 0 Å². The van der Waals surface area contributed by atoms with E-state index in [-0.39, 0.29) is 18.1 Å². The molecule has 0 heterocycles. The number of halogens is 2. The third kappa shape index (κ3) is 2.77. The van der Waals surface area contributed by atoms with E-state index in [4.69, 9.17) is 10.5 Å². The maximum Gasteiger partial charge on any atom is 0.146 e. The molecule has 0 aliphatic heterocycles. The summed E-state index contributed by atoms with van der Waals surface area (Å²) in [6, 6.07) is 9.07. The molecule has 0 unspecified atom stereocenters. The molecule has 0 amide bonds. The number of hydrogen-bond donors (Lipinski definition) is 1. The van der Waals surface area contributed by atoms with Gasteiger partial charge in [0.2, 0.25) is 0 Å². The van der Waals surface area contributed by atoms with Crippen molar-refractivity contribution in [3.8, 4) is 5.75 Å². The van der Waals surface area contributed by atoms with E-state index in [2.05, 4.69) is 0 Å². The van der Waals surface area contributed by atoms with Crippen LogP contribution < -0.4 is 10.5 Å². The highest BCUT2D eigenvalue weighted by Crippen LogP contribution is 2.18. The van der Waals surface area contributed by atoms with Crippen LogP contribution in [-0.2, 0) is 6.61 Å². The summed E-state index contributed by atoms with van der Waals surface area (Å²) in [5, 5.41) is 0. The molecule has 0 aromatic heterocycles. The van der Waals surface area contributed by atoms with E-state index in [1.54, 1.807) is 25.1 Å². The zero-order chi connectivity index (χ0) is 13.1. The topological polar surface area (TPSA) is 35.2 Å². The fourth-order valence-corrected chi connectivity index (χ4v) is 1.49. The van der Waals surface area contributed by atoms with Gasteiger partial charge in [-0.2, -0.15) is 0 Å². The fourth-order valence-electron chi connectivity index (χ4n) is 1.49. The highest BCUT2D eigenvalue weighted by Gasteiger charge is 2.03. The lowest BCUT2D eigenvalue weighted by atomic mass is 10.2. The number of nitrogens with two attached hydrogens (primary N) is 1. The van der Waals surface area contributed by atoms with Crippen LogP contribution in [0.5, 0.6) is 5.75 Å². The van der Waals surface area contributed by atoms with Crippen LogP contribution in [0.3, 0.4) is 0 Å². The Morgan fingerprint density at radius 2 is 1.83 bits per heavy atom. The number of nitrogen functional groups attached to an aromatic ring is 1. The first-order valence-electron chi connectivity index (χ1n) is 5.49. The van der Waals surface area contributed by atoms with Crippen LogP contribution in [0.15, 0.2) is 36.4 Å². The van der Waals surface area contributed by atoms with Gasteiger partial charge in [-0.25, -0.2) is 8.78 Å². The number of ether oxygens (including phenoxy) is 1. The van der Waals surface area contributed by atoms with Gasteiger partial charge in [0.15, 0.2) is 0 Å². The highest BCUT2D eigenvalue weighted by atomic mass is 19.1. The molecular weight excluding hydrogens is 236 g/mol. The minimum Gasteiger partial charge on any atom is -0.489 e. The van der Waals surface area contributed by atoms with Crippen molar-refractivity contribution in [1.82, 2.24) is 0 Å². The van der Waals surface area contributed by atoms with Crippen LogP contribution in [0, 0.1) is 18.6 Å². The molecule has 4 heteroatoms. The molecule has 0 spiro atoms. The van der Waals surface area contributed by atoms with Crippen molar-refractivity contribution in [3.63, 3.8) is 0 Å². The van der Waals surface area contributed by atoms with Gasteiger partial charge >= 0.3 is 0 Å². The van der Waals surface area contributed by atoms with Gasteiger partial charge in [0.1, 0.15) is 24.0 Å². The van der Waals surface area contributed by atoms with Gasteiger partial charge in [-0.3, -0.25) is 0 Å². The van der Waals surface area contributed by atoms with Crippen LogP contribution in [0.2, 0.25) is 0 Å². The first kappa shape index (κ1) is 12.4. The molecular formula is C14H13F2NO. The van der Waals surface area contributed by atoms with Crippen LogP contribution in [0.4, 0.5) is 14.5 Å². The minimum atomic E-state index is -0.480. The van der Waals surface area contributed by atoms with Gasteiger partial charge in [-0.1, -0.05) is 12.1 Å². The standard InChI is InChI=1S/C14H13F2NO/c1-9-2-4-11(7-12(9)15)18-8-10-3-5-14(17)13(16)6-10/h2-7H,8,17H2,1H3. The monoisotopic (exact) mass is 249 g/mol. The predicted molar refractivity (Wildman–Crippen MR) is 66.3 cm³/mol. The quantitative estimate of drug-likeness (QED) is 0.846. The van der Waals surface area contributed by atoms with Crippen LogP contribution in [0.25, 0.3) is 0 Å². The van der Waals surface area contributed by atoms with Crippen molar-refractivity contribution < 1.29 is 13.5 Å². The van der Waals surface area contributed by atoms with Crippen molar-refractivity contribution in [2.75, 3.05) is 5.73 Å². The summed E-state index contributed by atoms with van der Waals surface area (Å²) >= 11 is 0. The summed E-state index contributed by atoms with van der Waals surface area (Å²) < 4.78 is 31.8. The lowest BCUT2D eigenvalue weighted by Crippen LogP contribution is -1.98.